The molecule has 1 amide bonds. The van der Waals surface area contributed by atoms with Crippen molar-refractivity contribution >= 4 is 22.8 Å². The Labute approximate surface area is 129 Å². The monoisotopic (exact) mass is 297 g/mol. The molecule has 22 heavy (non-hydrogen) atoms. The molecule has 0 atom stereocenters. The maximum atomic E-state index is 12.6. The molecule has 0 saturated heterocycles. The molecule has 0 bridgehead atoms. The number of nitrogens with one attached hydrogen (secondary N) is 1. The number of allylic oxidation sites excluding steroid dienone is 1. The third kappa shape index (κ3) is 2.40. The van der Waals surface area contributed by atoms with Gasteiger partial charge in [-0.2, -0.15) is 0 Å². The summed E-state index contributed by atoms with van der Waals surface area (Å²) in [4.78, 5) is 12.6. The number of aliphatic hydroxyl groups is 2. The highest BCUT2D eigenvalue weighted by Gasteiger charge is 2.26. The Morgan fingerprint density at radius 2 is 2.00 bits per heavy atom. The minimum absolute atomic E-state index is 0.288. The minimum Gasteiger partial charge on any atom is -0.394 e. The maximum absolute atomic E-state index is 12.6. The van der Waals surface area contributed by atoms with Crippen LogP contribution in [0, 0.1) is 0 Å². The number of hydrogen-bond acceptors (Lipinski definition) is 3. The van der Waals surface area contributed by atoms with Crippen molar-refractivity contribution in [3.05, 3.63) is 53.1 Å². The van der Waals surface area contributed by atoms with E-state index in [4.69, 9.17) is 0 Å². The summed E-state index contributed by atoms with van der Waals surface area (Å²) in [5, 5.41) is 23.6. The average Bonchev–Trinajstić information content (AvgIpc) is 2.55. The number of carbonyl (C=O) groups excluding carboxylic acids is 1. The molecule has 0 heterocycles. The fraction of sp³-hybridized carbons (Fsp3) is 0.278. The molecule has 0 aliphatic heterocycles. The number of rotatable bonds is 4. The van der Waals surface area contributed by atoms with E-state index in [-0.39, 0.29) is 19.1 Å². The third-order valence-corrected chi connectivity index (χ3v) is 4.15. The molecule has 0 radical (unpaired) electrons. The molecule has 4 heteroatoms. The van der Waals surface area contributed by atoms with Crippen LogP contribution in [-0.2, 0) is 6.42 Å². The van der Waals surface area contributed by atoms with Gasteiger partial charge in [-0.25, -0.2) is 0 Å². The highest BCUT2D eigenvalue weighted by molar-refractivity contribution is 6.06. The molecular formula is C18H19NO3. The Kier molecular flexibility index (Phi) is 3.72. The zero-order valence-electron chi connectivity index (χ0n) is 12.5. The topological polar surface area (TPSA) is 69.6 Å². The van der Waals surface area contributed by atoms with Gasteiger partial charge in [0.15, 0.2) is 0 Å². The van der Waals surface area contributed by atoms with E-state index in [9.17, 15) is 15.0 Å². The first-order valence-corrected chi connectivity index (χ1v) is 7.33. The molecule has 1 aliphatic carbocycles. The fourth-order valence-corrected chi connectivity index (χ4v) is 2.80. The lowest BCUT2D eigenvalue weighted by Gasteiger charge is -2.27. The summed E-state index contributed by atoms with van der Waals surface area (Å²) in [6.07, 6.45) is 4.88. The Morgan fingerprint density at radius 1 is 1.23 bits per heavy atom. The van der Waals surface area contributed by atoms with Gasteiger partial charge in [-0.15, -0.1) is 0 Å². The fourth-order valence-electron chi connectivity index (χ4n) is 2.80. The number of aliphatic hydroxyl groups excluding tert-OH is 2. The van der Waals surface area contributed by atoms with Crippen LogP contribution in [0.25, 0.3) is 16.8 Å². The van der Waals surface area contributed by atoms with Crippen LogP contribution in [-0.4, -0.2) is 34.9 Å². The summed E-state index contributed by atoms with van der Waals surface area (Å²) in [6, 6.07) is 9.86. The van der Waals surface area contributed by atoms with Gasteiger partial charge in [-0.05, 0) is 41.3 Å². The van der Waals surface area contributed by atoms with E-state index < -0.39 is 5.54 Å². The predicted octanol–water partition coefficient (Wildman–Crippen LogP) is 1.88. The molecule has 114 valence electrons. The zero-order valence-corrected chi connectivity index (χ0v) is 12.5. The van der Waals surface area contributed by atoms with Gasteiger partial charge in [0, 0.05) is 5.56 Å². The van der Waals surface area contributed by atoms with Gasteiger partial charge >= 0.3 is 0 Å². The quantitative estimate of drug-likeness (QED) is 0.807. The van der Waals surface area contributed by atoms with Crippen molar-refractivity contribution in [3.63, 3.8) is 0 Å². The lowest BCUT2D eigenvalue weighted by atomic mass is 9.89. The second-order valence-electron chi connectivity index (χ2n) is 5.98. The van der Waals surface area contributed by atoms with Crippen molar-refractivity contribution in [2.75, 3.05) is 13.2 Å². The summed E-state index contributed by atoms with van der Waals surface area (Å²) >= 11 is 0. The van der Waals surface area contributed by atoms with Gasteiger partial charge in [-0.3, -0.25) is 4.79 Å². The standard InChI is InChI=1S/C18H19NO3/c1-18(10-20,11-21)19-17(22)15-9-8-13-5-2-4-12-6-3-7-14(15)16(12)13/h2-5,7-9,20-21H,6,10-11H2,1H3,(H,19,22). The maximum Gasteiger partial charge on any atom is 0.252 e. The molecule has 4 nitrogen and oxygen atoms in total. The summed E-state index contributed by atoms with van der Waals surface area (Å²) in [5.41, 5.74) is 1.63. The smallest absolute Gasteiger partial charge is 0.252 e. The van der Waals surface area contributed by atoms with Gasteiger partial charge in [-0.1, -0.05) is 36.4 Å². The van der Waals surface area contributed by atoms with E-state index in [1.54, 1.807) is 13.0 Å². The number of hydrogen-bond donors (Lipinski definition) is 3. The van der Waals surface area contributed by atoms with Crippen LogP contribution in [0.5, 0.6) is 0 Å². The number of benzene rings is 2. The van der Waals surface area contributed by atoms with Gasteiger partial charge in [0.1, 0.15) is 0 Å². The normalized spacial score (nSPS) is 13.4. The van der Waals surface area contributed by atoms with Crippen molar-refractivity contribution in [1.29, 1.82) is 0 Å². The van der Waals surface area contributed by atoms with Gasteiger partial charge in [0.05, 0.1) is 18.8 Å². The molecule has 0 unspecified atom stereocenters. The summed E-state index contributed by atoms with van der Waals surface area (Å²) in [7, 11) is 0. The molecular weight excluding hydrogens is 278 g/mol. The predicted molar refractivity (Wildman–Crippen MR) is 86.7 cm³/mol. The molecule has 2 aromatic rings. The Morgan fingerprint density at radius 3 is 2.73 bits per heavy atom. The van der Waals surface area contributed by atoms with Crippen LogP contribution in [0.3, 0.4) is 0 Å². The van der Waals surface area contributed by atoms with Crippen molar-refractivity contribution in [3.8, 4) is 0 Å². The molecule has 3 rings (SSSR count). The van der Waals surface area contributed by atoms with Gasteiger partial charge in [0.25, 0.3) is 5.91 Å². The lowest BCUT2D eigenvalue weighted by Crippen LogP contribution is -2.51. The van der Waals surface area contributed by atoms with Crippen molar-refractivity contribution < 1.29 is 15.0 Å². The van der Waals surface area contributed by atoms with Crippen LogP contribution in [0.4, 0.5) is 0 Å². The molecule has 0 spiro atoms. The van der Waals surface area contributed by atoms with Crippen LogP contribution in [0.15, 0.2) is 36.4 Å². The third-order valence-electron chi connectivity index (χ3n) is 4.15. The number of carbonyl (C=O) groups is 1. The van der Waals surface area contributed by atoms with E-state index in [1.807, 2.05) is 30.4 Å². The minimum atomic E-state index is -1.03. The van der Waals surface area contributed by atoms with Crippen LogP contribution < -0.4 is 5.32 Å². The number of amides is 1. The zero-order chi connectivity index (χ0) is 15.7. The lowest BCUT2D eigenvalue weighted by molar-refractivity contribution is 0.0724. The Bertz CT molecular complexity index is 760. The first-order valence-electron chi connectivity index (χ1n) is 7.33. The second kappa shape index (κ2) is 5.55. The van der Waals surface area contributed by atoms with Crippen LogP contribution in [0.2, 0.25) is 0 Å². The van der Waals surface area contributed by atoms with Crippen molar-refractivity contribution in [2.24, 2.45) is 0 Å². The Hall–Kier alpha value is -2.17. The molecule has 0 saturated carbocycles. The SMILES string of the molecule is CC(CO)(CO)NC(=O)c1ccc2cccc3c2c1C=CC3. The summed E-state index contributed by atoms with van der Waals surface area (Å²) < 4.78 is 0. The first-order chi connectivity index (χ1) is 10.6. The molecule has 0 aromatic heterocycles. The molecule has 2 aromatic carbocycles. The highest BCUT2D eigenvalue weighted by Crippen LogP contribution is 2.31. The summed E-state index contributed by atoms with van der Waals surface area (Å²) in [6.45, 7) is 0.969. The summed E-state index contributed by atoms with van der Waals surface area (Å²) in [5.74, 6) is -0.288. The van der Waals surface area contributed by atoms with E-state index in [1.165, 1.54) is 5.56 Å². The average molecular weight is 297 g/mol. The first kappa shape index (κ1) is 14.8. The van der Waals surface area contributed by atoms with Gasteiger partial charge in [0.2, 0.25) is 0 Å². The van der Waals surface area contributed by atoms with E-state index in [0.29, 0.717) is 5.56 Å². The van der Waals surface area contributed by atoms with Crippen molar-refractivity contribution in [1.82, 2.24) is 5.32 Å². The van der Waals surface area contributed by atoms with E-state index in [0.717, 1.165) is 22.8 Å². The van der Waals surface area contributed by atoms with Crippen LogP contribution >= 0.6 is 0 Å². The second-order valence-corrected chi connectivity index (χ2v) is 5.98. The van der Waals surface area contributed by atoms with Gasteiger partial charge < -0.3 is 15.5 Å². The largest absolute Gasteiger partial charge is 0.394 e. The molecule has 0 fully saturated rings. The van der Waals surface area contributed by atoms with E-state index >= 15 is 0 Å². The Balaban J connectivity index is 2.07. The van der Waals surface area contributed by atoms with Crippen molar-refractivity contribution in [2.45, 2.75) is 18.9 Å². The molecule has 1 aliphatic rings. The van der Waals surface area contributed by atoms with E-state index in [2.05, 4.69) is 11.4 Å². The van der Waals surface area contributed by atoms with Crippen LogP contribution in [0.1, 0.15) is 28.4 Å². The molecule has 3 N–H and O–H groups in total. The highest BCUT2D eigenvalue weighted by atomic mass is 16.3.